The minimum Gasteiger partial charge on any atom is -0.207 e. The van der Waals surface area contributed by atoms with Gasteiger partial charge >= 0.3 is 0 Å². The standard InChI is InChI=1S/C15H21BrClNO2S/c1-4-13-6-5-11(3)18(13)21(19,20)14-8-12(9-17)7-10(2)15(14)16/h7-8,11,13H,4-6,9H2,1-3H3. The van der Waals surface area contributed by atoms with Crippen molar-refractivity contribution in [3.05, 3.63) is 27.7 Å². The van der Waals surface area contributed by atoms with E-state index in [9.17, 15) is 8.42 Å². The quantitative estimate of drug-likeness (QED) is 0.708. The first-order valence-electron chi connectivity index (χ1n) is 7.21. The van der Waals surface area contributed by atoms with E-state index in [4.69, 9.17) is 11.6 Å². The van der Waals surface area contributed by atoms with Gasteiger partial charge in [-0.15, -0.1) is 11.6 Å². The first kappa shape index (κ1) is 17.3. The fraction of sp³-hybridized carbons (Fsp3) is 0.600. The predicted molar refractivity (Wildman–Crippen MR) is 90.2 cm³/mol. The zero-order valence-electron chi connectivity index (χ0n) is 12.6. The van der Waals surface area contributed by atoms with Crippen LogP contribution in [0, 0.1) is 6.92 Å². The Labute approximate surface area is 140 Å². The summed E-state index contributed by atoms with van der Waals surface area (Å²) in [5.74, 6) is 0.309. The van der Waals surface area contributed by atoms with Crippen LogP contribution in [-0.2, 0) is 15.9 Å². The number of hydrogen-bond acceptors (Lipinski definition) is 2. The van der Waals surface area contributed by atoms with Gasteiger partial charge in [0.05, 0.1) is 4.90 Å². The van der Waals surface area contributed by atoms with Gasteiger partial charge in [0.2, 0.25) is 10.0 Å². The molecule has 3 nitrogen and oxygen atoms in total. The molecule has 1 saturated heterocycles. The maximum absolute atomic E-state index is 13.1. The molecule has 21 heavy (non-hydrogen) atoms. The second-order valence-corrected chi connectivity index (χ2v) is 8.55. The normalized spacial score (nSPS) is 23.7. The Morgan fingerprint density at radius 1 is 1.38 bits per heavy atom. The van der Waals surface area contributed by atoms with Crippen molar-refractivity contribution in [1.29, 1.82) is 0 Å². The van der Waals surface area contributed by atoms with E-state index in [1.165, 1.54) is 0 Å². The highest BCUT2D eigenvalue weighted by molar-refractivity contribution is 9.10. The van der Waals surface area contributed by atoms with E-state index in [1.807, 2.05) is 26.8 Å². The molecule has 2 rings (SSSR count). The van der Waals surface area contributed by atoms with Gasteiger partial charge in [-0.05, 0) is 66.2 Å². The molecular formula is C15H21BrClNO2S. The van der Waals surface area contributed by atoms with E-state index in [2.05, 4.69) is 15.9 Å². The average molecular weight is 395 g/mol. The van der Waals surface area contributed by atoms with Gasteiger partial charge in [-0.3, -0.25) is 0 Å². The maximum Gasteiger partial charge on any atom is 0.244 e. The van der Waals surface area contributed by atoms with Crippen LogP contribution in [0.5, 0.6) is 0 Å². The molecule has 0 saturated carbocycles. The van der Waals surface area contributed by atoms with Gasteiger partial charge in [0.1, 0.15) is 0 Å². The van der Waals surface area contributed by atoms with Crippen LogP contribution in [0.3, 0.4) is 0 Å². The summed E-state index contributed by atoms with van der Waals surface area (Å²) in [6.45, 7) is 5.92. The van der Waals surface area contributed by atoms with Crippen molar-refractivity contribution in [1.82, 2.24) is 4.31 Å². The summed E-state index contributed by atoms with van der Waals surface area (Å²) in [4.78, 5) is 0.338. The van der Waals surface area contributed by atoms with Crippen LogP contribution < -0.4 is 0 Å². The molecule has 118 valence electrons. The Bertz CT molecular complexity index is 633. The summed E-state index contributed by atoms with van der Waals surface area (Å²) >= 11 is 9.33. The van der Waals surface area contributed by atoms with Crippen molar-refractivity contribution >= 4 is 37.6 Å². The van der Waals surface area contributed by atoms with Gasteiger partial charge in [-0.2, -0.15) is 4.31 Å². The van der Waals surface area contributed by atoms with Crippen molar-refractivity contribution in [2.75, 3.05) is 0 Å². The van der Waals surface area contributed by atoms with Crippen LogP contribution >= 0.6 is 27.5 Å². The number of benzene rings is 1. The van der Waals surface area contributed by atoms with E-state index < -0.39 is 10.0 Å². The van der Waals surface area contributed by atoms with Gasteiger partial charge in [-0.25, -0.2) is 8.42 Å². The van der Waals surface area contributed by atoms with Gasteiger partial charge in [0, 0.05) is 22.4 Å². The van der Waals surface area contributed by atoms with E-state index >= 15 is 0 Å². The highest BCUT2D eigenvalue weighted by atomic mass is 79.9. The lowest BCUT2D eigenvalue weighted by molar-refractivity contribution is 0.328. The second kappa shape index (κ2) is 6.57. The molecule has 2 atom stereocenters. The molecule has 0 aromatic heterocycles. The van der Waals surface area contributed by atoms with E-state index in [-0.39, 0.29) is 12.1 Å². The molecule has 0 bridgehead atoms. The molecule has 0 amide bonds. The fourth-order valence-electron chi connectivity index (χ4n) is 3.05. The molecule has 1 aromatic rings. The van der Waals surface area contributed by atoms with Crippen LogP contribution in [0.25, 0.3) is 0 Å². The minimum atomic E-state index is -3.51. The molecule has 2 unspecified atom stereocenters. The molecule has 1 aliphatic rings. The molecule has 0 radical (unpaired) electrons. The molecule has 1 aliphatic heterocycles. The lowest BCUT2D eigenvalue weighted by Crippen LogP contribution is -2.39. The zero-order chi connectivity index (χ0) is 15.8. The van der Waals surface area contributed by atoms with Gasteiger partial charge in [0.25, 0.3) is 0 Å². The van der Waals surface area contributed by atoms with Gasteiger partial charge in [0.15, 0.2) is 0 Å². The van der Waals surface area contributed by atoms with Gasteiger partial charge in [-0.1, -0.05) is 13.0 Å². The summed E-state index contributed by atoms with van der Waals surface area (Å²) < 4.78 is 28.5. The summed E-state index contributed by atoms with van der Waals surface area (Å²) in [5, 5.41) is 0. The third-order valence-electron chi connectivity index (χ3n) is 4.17. The SMILES string of the molecule is CCC1CCC(C)N1S(=O)(=O)c1cc(CCl)cc(C)c1Br. The molecular weight excluding hydrogens is 374 g/mol. The second-order valence-electron chi connectivity index (χ2n) is 5.68. The summed E-state index contributed by atoms with van der Waals surface area (Å²) in [6.07, 6.45) is 2.70. The third-order valence-corrected chi connectivity index (χ3v) is 7.89. The molecule has 0 aliphatic carbocycles. The number of rotatable bonds is 4. The van der Waals surface area contributed by atoms with Crippen LogP contribution in [0.15, 0.2) is 21.5 Å². The fourth-order valence-corrected chi connectivity index (χ4v) is 6.19. The number of sulfonamides is 1. The largest absolute Gasteiger partial charge is 0.244 e. The molecule has 1 fully saturated rings. The molecule has 0 spiro atoms. The van der Waals surface area contributed by atoms with Crippen molar-refractivity contribution < 1.29 is 8.42 Å². The first-order chi connectivity index (χ1) is 9.82. The lowest BCUT2D eigenvalue weighted by atomic mass is 10.2. The number of alkyl halides is 1. The number of hydrogen-bond donors (Lipinski definition) is 0. The number of nitrogens with zero attached hydrogens (tertiary/aromatic N) is 1. The Balaban J connectivity index is 2.56. The van der Waals surface area contributed by atoms with Crippen LogP contribution in [0.2, 0.25) is 0 Å². The Morgan fingerprint density at radius 2 is 2.05 bits per heavy atom. The van der Waals surface area contributed by atoms with Crippen molar-refractivity contribution in [3.63, 3.8) is 0 Å². The Morgan fingerprint density at radius 3 is 2.62 bits per heavy atom. The average Bonchev–Trinajstić information content (AvgIpc) is 2.83. The van der Waals surface area contributed by atoms with Crippen LogP contribution in [0.4, 0.5) is 0 Å². The van der Waals surface area contributed by atoms with Crippen molar-refractivity contribution in [2.45, 2.75) is 62.9 Å². The highest BCUT2D eigenvalue weighted by Gasteiger charge is 2.40. The Hall–Kier alpha value is -0.100. The van der Waals surface area contributed by atoms with Crippen molar-refractivity contribution in [2.24, 2.45) is 0 Å². The topological polar surface area (TPSA) is 37.4 Å². The monoisotopic (exact) mass is 393 g/mol. The molecule has 1 aromatic carbocycles. The first-order valence-corrected chi connectivity index (χ1v) is 9.98. The molecule has 1 heterocycles. The maximum atomic E-state index is 13.1. The smallest absolute Gasteiger partial charge is 0.207 e. The van der Waals surface area contributed by atoms with E-state index in [1.54, 1.807) is 10.4 Å². The van der Waals surface area contributed by atoms with E-state index in [0.717, 1.165) is 30.4 Å². The zero-order valence-corrected chi connectivity index (χ0v) is 15.7. The predicted octanol–water partition coefficient (Wildman–Crippen LogP) is 4.45. The Kier molecular flexibility index (Phi) is 5.40. The van der Waals surface area contributed by atoms with Crippen molar-refractivity contribution in [3.8, 4) is 0 Å². The highest BCUT2D eigenvalue weighted by Crippen LogP contribution is 2.36. The minimum absolute atomic E-state index is 0.0480. The van der Waals surface area contributed by atoms with Gasteiger partial charge < -0.3 is 0 Å². The summed E-state index contributed by atoms with van der Waals surface area (Å²) in [5.41, 5.74) is 1.72. The molecule has 0 N–H and O–H groups in total. The summed E-state index contributed by atoms with van der Waals surface area (Å²) in [6, 6.07) is 3.75. The lowest BCUT2D eigenvalue weighted by Gasteiger charge is -2.28. The summed E-state index contributed by atoms with van der Waals surface area (Å²) in [7, 11) is -3.51. The van der Waals surface area contributed by atoms with Crippen LogP contribution in [-0.4, -0.2) is 24.8 Å². The number of halogens is 2. The number of aryl methyl sites for hydroxylation is 1. The van der Waals surface area contributed by atoms with E-state index in [0.29, 0.717) is 15.2 Å². The van der Waals surface area contributed by atoms with Crippen LogP contribution in [0.1, 0.15) is 44.2 Å². The molecule has 6 heteroatoms. The third kappa shape index (κ3) is 3.16.